The van der Waals surface area contributed by atoms with Crippen LogP contribution in [0, 0.1) is 17.8 Å². The second-order valence-corrected chi connectivity index (χ2v) is 6.69. The van der Waals surface area contributed by atoms with Gasteiger partial charge in [0.1, 0.15) is 0 Å². The Morgan fingerprint density at radius 3 is 2.45 bits per heavy atom. The second-order valence-electron chi connectivity index (χ2n) is 6.69. The first-order valence-corrected chi connectivity index (χ1v) is 7.77. The molecule has 2 bridgehead atoms. The van der Waals surface area contributed by atoms with E-state index >= 15 is 0 Å². The molecule has 1 saturated heterocycles. The van der Waals surface area contributed by atoms with Gasteiger partial charge in [-0.3, -0.25) is 4.79 Å². The predicted molar refractivity (Wildman–Crippen MR) is 78.7 cm³/mol. The number of hydrogen-bond acceptors (Lipinski definition) is 3. The van der Waals surface area contributed by atoms with Crippen LogP contribution in [0.5, 0.6) is 0 Å². The van der Waals surface area contributed by atoms with Crippen LogP contribution in [0.3, 0.4) is 0 Å². The normalized spacial score (nSPS) is 35.1. The van der Waals surface area contributed by atoms with E-state index < -0.39 is 5.97 Å². The zero-order valence-electron chi connectivity index (χ0n) is 12.4. The number of carboxylic acid groups (broad SMARTS) is 1. The first-order chi connectivity index (χ1) is 10.6. The smallest absolute Gasteiger partial charge is 0.335 e. The van der Waals surface area contributed by atoms with Gasteiger partial charge in [-0.05, 0) is 54.9 Å². The van der Waals surface area contributed by atoms with Crippen molar-refractivity contribution in [2.24, 2.45) is 17.8 Å². The third-order valence-electron chi connectivity index (χ3n) is 5.73. The number of carboxylic acids is 1. The number of ether oxygens (including phenoxy) is 1. The molecule has 3 fully saturated rings. The van der Waals surface area contributed by atoms with E-state index in [4.69, 9.17) is 9.84 Å². The summed E-state index contributed by atoms with van der Waals surface area (Å²) in [6.07, 6.45) is 2.50. The fraction of sp³-hybridized carbons (Fsp3) is 0.529. The zero-order valence-corrected chi connectivity index (χ0v) is 12.4. The molecule has 4 rings (SSSR count). The highest BCUT2D eigenvalue weighted by atomic mass is 16.5. The maximum absolute atomic E-state index is 12.8. The van der Waals surface area contributed by atoms with Crippen LogP contribution in [0.15, 0.2) is 24.3 Å². The lowest BCUT2D eigenvalue weighted by molar-refractivity contribution is 0.0112. The third-order valence-corrected chi connectivity index (χ3v) is 5.73. The monoisotopic (exact) mass is 301 g/mol. The molecule has 2 aliphatic carbocycles. The Morgan fingerprint density at radius 2 is 1.82 bits per heavy atom. The van der Waals surface area contributed by atoms with Crippen molar-refractivity contribution in [1.82, 2.24) is 4.90 Å². The maximum Gasteiger partial charge on any atom is 0.335 e. The van der Waals surface area contributed by atoms with E-state index in [1.165, 1.54) is 25.0 Å². The number of carbonyl (C=O) groups is 2. The minimum absolute atomic E-state index is 0.000890. The van der Waals surface area contributed by atoms with Crippen molar-refractivity contribution in [2.45, 2.75) is 25.0 Å². The van der Waals surface area contributed by atoms with Gasteiger partial charge >= 0.3 is 5.97 Å². The summed E-state index contributed by atoms with van der Waals surface area (Å²) in [6.45, 7) is 0.811. The van der Waals surface area contributed by atoms with Gasteiger partial charge < -0.3 is 14.7 Å². The van der Waals surface area contributed by atoms with Crippen LogP contribution in [0.1, 0.15) is 33.6 Å². The first kappa shape index (κ1) is 13.8. The SMILES string of the molecule is COC1C2CC3CN(C(=O)c4ccc(C(=O)O)cc4)C1C3C2. The Labute approximate surface area is 128 Å². The average molecular weight is 301 g/mol. The molecule has 2 saturated carbocycles. The highest BCUT2D eigenvalue weighted by Gasteiger charge is 2.60. The molecule has 0 radical (unpaired) electrons. The molecular weight excluding hydrogens is 282 g/mol. The number of fused-ring (bicyclic) bond motifs is 1. The van der Waals surface area contributed by atoms with Crippen molar-refractivity contribution in [2.75, 3.05) is 13.7 Å². The molecule has 5 unspecified atom stereocenters. The van der Waals surface area contributed by atoms with Gasteiger partial charge in [-0.1, -0.05) is 0 Å². The Balaban J connectivity index is 1.59. The fourth-order valence-electron chi connectivity index (χ4n) is 4.88. The van der Waals surface area contributed by atoms with Crippen LogP contribution in [-0.2, 0) is 4.74 Å². The number of hydrogen-bond donors (Lipinski definition) is 1. The number of rotatable bonds is 3. The van der Waals surface area contributed by atoms with E-state index in [-0.39, 0.29) is 23.6 Å². The van der Waals surface area contributed by atoms with Gasteiger partial charge in [0, 0.05) is 19.2 Å². The Hall–Kier alpha value is -1.88. The average Bonchev–Trinajstić information content (AvgIpc) is 3.14. The van der Waals surface area contributed by atoms with Gasteiger partial charge in [0.25, 0.3) is 5.91 Å². The lowest BCUT2D eigenvalue weighted by atomic mass is 9.88. The van der Waals surface area contributed by atoms with Gasteiger partial charge in [-0.25, -0.2) is 4.79 Å². The highest BCUT2D eigenvalue weighted by Crippen LogP contribution is 2.55. The van der Waals surface area contributed by atoms with E-state index in [1.54, 1.807) is 19.2 Å². The molecule has 1 aromatic carbocycles. The first-order valence-electron chi connectivity index (χ1n) is 7.77. The molecule has 1 aromatic rings. The summed E-state index contributed by atoms with van der Waals surface area (Å²) in [5.74, 6) is 0.813. The van der Waals surface area contributed by atoms with Gasteiger partial charge in [-0.2, -0.15) is 0 Å². The summed E-state index contributed by atoms with van der Waals surface area (Å²) in [6, 6.07) is 6.40. The zero-order chi connectivity index (χ0) is 15.4. The third kappa shape index (κ3) is 1.81. The van der Waals surface area contributed by atoms with Crippen LogP contribution < -0.4 is 0 Å². The largest absolute Gasteiger partial charge is 0.478 e. The second kappa shape index (κ2) is 4.81. The van der Waals surface area contributed by atoms with E-state index in [0.29, 0.717) is 23.3 Å². The van der Waals surface area contributed by atoms with E-state index in [0.717, 1.165) is 6.54 Å². The molecule has 5 nitrogen and oxygen atoms in total. The van der Waals surface area contributed by atoms with Crippen molar-refractivity contribution in [1.29, 1.82) is 0 Å². The Kier molecular flexibility index (Phi) is 3.01. The molecule has 5 heteroatoms. The number of benzene rings is 1. The molecular formula is C17H19NO4. The summed E-state index contributed by atoms with van der Waals surface area (Å²) in [7, 11) is 1.74. The molecule has 1 aliphatic heterocycles. The number of methoxy groups -OCH3 is 1. The lowest BCUT2D eigenvalue weighted by Crippen LogP contribution is -2.44. The number of aromatic carboxylic acids is 1. The molecule has 1 heterocycles. The fourth-order valence-corrected chi connectivity index (χ4v) is 4.88. The van der Waals surface area contributed by atoms with Crippen molar-refractivity contribution < 1.29 is 19.4 Å². The molecule has 1 N–H and O–H groups in total. The minimum atomic E-state index is -0.976. The van der Waals surface area contributed by atoms with Gasteiger partial charge in [-0.15, -0.1) is 0 Å². The molecule has 1 amide bonds. The number of carbonyl (C=O) groups excluding carboxylic acids is 1. The Morgan fingerprint density at radius 1 is 1.14 bits per heavy atom. The number of amides is 1. The number of nitrogens with zero attached hydrogens (tertiary/aromatic N) is 1. The van der Waals surface area contributed by atoms with Crippen molar-refractivity contribution in [3.63, 3.8) is 0 Å². The Bertz CT molecular complexity index is 624. The van der Waals surface area contributed by atoms with Gasteiger partial charge in [0.15, 0.2) is 0 Å². The minimum Gasteiger partial charge on any atom is -0.478 e. The number of likely N-dealkylation sites (tertiary alicyclic amines) is 1. The molecule has 116 valence electrons. The quantitative estimate of drug-likeness (QED) is 0.925. The summed E-state index contributed by atoms with van der Waals surface area (Å²) < 4.78 is 5.67. The van der Waals surface area contributed by atoms with Crippen LogP contribution in [-0.4, -0.2) is 47.7 Å². The van der Waals surface area contributed by atoms with Gasteiger partial charge in [0.05, 0.1) is 17.7 Å². The summed E-state index contributed by atoms with van der Waals surface area (Å²) >= 11 is 0. The van der Waals surface area contributed by atoms with E-state index in [9.17, 15) is 9.59 Å². The molecule has 3 aliphatic rings. The molecule has 0 spiro atoms. The molecule has 22 heavy (non-hydrogen) atoms. The van der Waals surface area contributed by atoms with Crippen molar-refractivity contribution in [3.8, 4) is 0 Å². The van der Waals surface area contributed by atoms with E-state index in [1.807, 2.05) is 4.90 Å². The highest BCUT2D eigenvalue weighted by molar-refractivity contribution is 5.96. The summed E-state index contributed by atoms with van der Waals surface area (Å²) in [4.78, 5) is 25.7. The van der Waals surface area contributed by atoms with Crippen LogP contribution in [0.4, 0.5) is 0 Å². The van der Waals surface area contributed by atoms with Crippen LogP contribution in [0.2, 0.25) is 0 Å². The standard InChI is InChI=1S/C17H19NO4/c1-22-15-11-6-12-8-18(14(15)13(12)7-11)16(19)9-2-4-10(5-3-9)17(20)21/h2-5,11-15H,6-8H2,1H3,(H,20,21). The van der Waals surface area contributed by atoms with Crippen molar-refractivity contribution in [3.05, 3.63) is 35.4 Å². The predicted octanol–water partition coefficient (Wildman–Crippen LogP) is 1.88. The lowest BCUT2D eigenvalue weighted by Gasteiger charge is -2.31. The molecule has 5 atom stereocenters. The van der Waals surface area contributed by atoms with Crippen LogP contribution in [0.25, 0.3) is 0 Å². The molecule has 0 aromatic heterocycles. The van der Waals surface area contributed by atoms with Crippen molar-refractivity contribution >= 4 is 11.9 Å². The van der Waals surface area contributed by atoms with Crippen LogP contribution >= 0.6 is 0 Å². The summed E-state index contributed by atoms with van der Waals surface area (Å²) in [5.41, 5.74) is 0.762. The van der Waals surface area contributed by atoms with Gasteiger partial charge in [0.2, 0.25) is 0 Å². The maximum atomic E-state index is 12.8. The summed E-state index contributed by atoms with van der Waals surface area (Å²) in [5, 5.41) is 8.94. The van der Waals surface area contributed by atoms with E-state index in [2.05, 4.69) is 0 Å². The topological polar surface area (TPSA) is 66.8 Å².